The van der Waals surface area contributed by atoms with E-state index in [1.807, 2.05) is 42.5 Å². The zero-order valence-electron chi connectivity index (χ0n) is 54.4. The Hall–Kier alpha value is -8.41. The molecule has 0 unspecified atom stereocenters. The predicted octanol–water partition coefficient (Wildman–Crippen LogP) is 15.0. The number of fused-ring (bicyclic) bond motifs is 9. The highest BCUT2D eigenvalue weighted by atomic mass is 15.3. The molecule has 306 valence electrons. The van der Waals surface area contributed by atoms with Crippen LogP contribution in [0.25, 0.3) is 111 Å². The third kappa shape index (κ3) is 5.82. The van der Waals surface area contributed by atoms with Gasteiger partial charge >= 0.3 is 0 Å². The molecule has 12 aromatic rings. The average molecular weight is 852 g/mol. The van der Waals surface area contributed by atoms with Gasteiger partial charge in [0.1, 0.15) is 0 Å². The second-order valence-electron chi connectivity index (χ2n) is 16.2. The first-order chi connectivity index (χ1) is 40.3. The van der Waals surface area contributed by atoms with Crippen LogP contribution in [0.15, 0.2) is 212 Å². The Balaban J connectivity index is 1.11. The number of benzene rings is 9. The minimum absolute atomic E-state index is 0.227. The fraction of sp³-hybridized carbons (Fsp3) is 0.0500. The molecular weight excluding hydrogens is 791 g/mol. The van der Waals surface area contributed by atoms with Crippen molar-refractivity contribution < 1.29 is 27.4 Å². The van der Waals surface area contributed by atoms with Crippen LogP contribution in [0, 0.1) is 0 Å². The molecule has 1 aliphatic rings. The summed E-state index contributed by atoms with van der Waals surface area (Å²) in [5, 5.41) is -1.43. The number of nitrogens with zero attached hydrogens (tertiary/aromatic N) is 5. The molecule has 13 rings (SSSR count). The minimum atomic E-state index is -0.822. The van der Waals surface area contributed by atoms with E-state index in [9.17, 15) is 9.60 Å². The third-order valence-electron chi connectivity index (χ3n) is 12.2. The van der Waals surface area contributed by atoms with Crippen molar-refractivity contribution in [1.29, 1.82) is 0 Å². The molecule has 9 aromatic carbocycles. The van der Waals surface area contributed by atoms with Gasteiger partial charge in [0.05, 0.1) is 49.5 Å². The first-order valence-electron chi connectivity index (χ1n) is 30.6. The maximum atomic E-state index is 9.94. The van der Waals surface area contributed by atoms with Crippen molar-refractivity contribution in [3.63, 3.8) is 0 Å². The quantitative estimate of drug-likeness (QED) is 0.167. The molecule has 0 saturated carbocycles. The summed E-state index contributed by atoms with van der Waals surface area (Å²) in [4.78, 5) is 14.7. The van der Waals surface area contributed by atoms with Crippen LogP contribution in [0.4, 0.5) is 0 Å². The van der Waals surface area contributed by atoms with E-state index in [1.165, 1.54) is 22.3 Å². The number of para-hydroxylation sites is 3. The summed E-state index contributed by atoms with van der Waals surface area (Å²) in [6.07, 6.45) is 0. The number of aromatic nitrogens is 5. The molecule has 0 aliphatic heterocycles. The lowest BCUT2D eigenvalue weighted by molar-refractivity contribution is 0.660. The second kappa shape index (κ2) is 14.3. The zero-order chi connectivity index (χ0) is 60.6. The lowest BCUT2D eigenvalue weighted by Crippen LogP contribution is -2.14. The van der Waals surface area contributed by atoms with Crippen LogP contribution in [0.3, 0.4) is 0 Å². The van der Waals surface area contributed by atoms with Gasteiger partial charge in [-0.3, -0.25) is 9.13 Å². The van der Waals surface area contributed by atoms with E-state index in [1.54, 1.807) is 18.2 Å². The molecule has 0 spiro atoms. The molecule has 1 aliphatic carbocycles. The zero-order valence-corrected chi connectivity index (χ0v) is 34.4. The summed E-state index contributed by atoms with van der Waals surface area (Å²) in [5.41, 5.74) is 5.23. The molecule has 0 amide bonds. The van der Waals surface area contributed by atoms with Crippen LogP contribution in [-0.2, 0) is 5.41 Å². The summed E-state index contributed by atoms with van der Waals surface area (Å²) in [6.45, 7) is 4.42. The Kier molecular flexibility index (Phi) is 4.91. The van der Waals surface area contributed by atoms with Crippen molar-refractivity contribution >= 4 is 43.6 Å². The van der Waals surface area contributed by atoms with Gasteiger partial charge < -0.3 is 0 Å². The number of hydrogen-bond acceptors (Lipinski definition) is 3. The summed E-state index contributed by atoms with van der Waals surface area (Å²) >= 11 is 0. The van der Waals surface area contributed by atoms with Crippen molar-refractivity contribution in [2.45, 2.75) is 19.3 Å². The maximum Gasteiger partial charge on any atom is 0.240 e. The van der Waals surface area contributed by atoms with Gasteiger partial charge in [0.25, 0.3) is 0 Å². The van der Waals surface area contributed by atoms with Crippen LogP contribution in [0.1, 0.15) is 52.4 Å². The molecule has 3 aromatic heterocycles. The largest absolute Gasteiger partial charge is 0.278 e. The maximum absolute atomic E-state index is 9.94. The van der Waals surface area contributed by atoms with E-state index in [0.29, 0.717) is 5.56 Å². The lowest BCUT2D eigenvalue weighted by Gasteiger charge is -2.22. The predicted molar refractivity (Wildman–Crippen MR) is 268 cm³/mol. The highest BCUT2D eigenvalue weighted by Gasteiger charge is 2.35. The average Bonchev–Trinajstić information content (AvgIpc) is 3.19. The van der Waals surface area contributed by atoms with Gasteiger partial charge in [0.2, 0.25) is 11.9 Å². The number of rotatable bonds is 6. The van der Waals surface area contributed by atoms with Gasteiger partial charge in [-0.05, 0) is 91.9 Å². The molecular formula is C60H41N5. The summed E-state index contributed by atoms with van der Waals surface area (Å²) in [7, 11) is 0. The van der Waals surface area contributed by atoms with E-state index < -0.39 is 160 Å². The summed E-state index contributed by atoms with van der Waals surface area (Å²) in [5.74, 6) is -1.37. The normalized spacial score (nSPS) is 17.2. The smallest absolute Gasteiger partial charge is 0.240 e. The van der Waals surface area contributed by atoms with Crippen LogP contribution >= 0.6 is 0 Å². The molecule has 0 saturated heterocycles. The van der Waals surface area contributed by atoms with Crippen molar-refractivity contribution in [2.75, 3.05) is 0 Å². The van der Waals surface area contributed by atoms with Crippen molar-refractivity contribution in [2.24, 2.45) is 0 Å². The third-order valence-corrected chi connectivity index (χ3v) is 12.2. The molecule has 0 radical (unpaired) electrons. The Morgan fingerprint density at radius 1 is 0.385 bits per heavy atom. The van der Waals surface area contributed by atoms with Crippen LogP contribution in [0.5, 0.6) is 0 Å². The van der Waals surface area contributed by atoms with Crippen LogP contribution < -0.4 is 0 Å². The molecule has 3 heterocycles. The fourth-order valence-corrected chi connectivity index (χ4v) is 9.09. The van der Waals surface area contributed by atoms with E-state index >= 15 is 0 Å². The molecule has 0 atom stereocenters. The van der Waals surface area contributed by atoms with Gasteiger partial charge in [-0.1, -0.05) is 189 Å². The van der Waals surface area contributed by atoms with E-state index in [4.69, 9.17) is 32.8 Å². The Bertz CT molecular complexity index is 4950. The van der Waals surface area contributed by atoms with E-state index in [2.05, 4.69) is 44.2 Å². The Labute approximate surface area is 404 Å². The minimum Gasteiger partial charge on any atom is -0.278 e. The SMILES string of the molecule is [2H]c1c([2H])c([2H])c(-c2c([2H])c([2H])c3c4c([2H])c([2H])c([2H])c([2H])c4n(-c4nc(-c5cccc(-c6ccc(-c7ccc8c(c7)C(C)(C)c7ccccc7-8)cc6)c5)nc(-n5c6c([2H])c([2H])c([2H])c([2H])c6c6c([2H])c([2H])c([2H])c([2H])c65)n4)c3c2[2H])c([2H])c1[2H]. The topological polar surface area (TPSA) is 48.5 Å². The highest BCUT2D eigenvalue weighted by molar-refractivity contribution is 6.11. The standard InChI is InChI=1S/C60H41N5/c1-60(2)51-23-10-6-19-45(51)46-33-31-42(36-52(46)60)40-29-27-39(28-30-40)41-17-14-18-44(35-41)57-61-58(64-53-24-11-7-20-47(53)48-21-8-12-25-54(48)64)63-59(62-57)65-55-26-13-9-22-49(55)50-34-32-43(37-56(50)65)38-15-4-3-5-16-38/h3-37H,1-2H3/i3D,4D,5D,7D,8D,9D,11D,12D,13D,15D,16D,20D,21D,22D,24D,25D,26D,32D,34D,37D. The monoisotopic (exact) mass is 851 g/mol. The van der Waals surface area contributed by atoms with Crippen molar-refractivity contribution in [1.82, 2.24) is 24.1 Å². The lowest BCUT2D eigenvalue weighted by atomic mass is 9.81. The van der Waals surface area contributed by atoms with Gasteiger partial charge in [-0.15, -0.1) is 0 Å². The highest BCUT2D eigenvalue weighted by Crippen LogP contribution is 2.49. The molecule has 0 N–H and O–H groups in total. The van der Waals surface area contributed by atoms with Gasteiger partial charge in [-0.25, -0.2) is 0 Å². The molecule has 5 heteroatoms. The van der Waals surface area contributed by atoms with Gasteiger partial charge in [0.15, 0.2) is 5.82 Å². The Morgan fingerprint density at radius 3 is 1.57 bits per heavy atom. The molecule has 65 heavy (non-hydrogen) atoms. The van der Waals surface area contributed by atoms with Crippen molar-refractivity contribution in [3.8, 4) is 67.8 Å². The van der Waals surface area contributed by atoms with Crippen molar-refractivity contribution in [3.05, 3.63) is 223 Å². The van der Waals surface area contributed by atoms with Crippen LogP contribution in [0.2, 0.25) is 0 Å². The first-order valence-corrected chi connectivity index (χ1v) is 20.6. The summed E-state index contributed by atoms with van der Waals surface area (Å²) in [6, 6.07) is 14.5. The van der Waals surface area contributed by atoms with Gasteiger partial charge in [-0.2, -0.15) is 15.0 Å². The Morgan fingerprint density at radius 2 is 0.908 bits per heavy atom. The molecule has 5 nitrogen and oxygen atoms in total. The van der Waals surface area contributed by atoms with E-state index in [0.717, 1.165) is 25.8 Å². The fourth-order valence-electron chi connectivity index (χ4n) is 9.09. The van der Waals surface area contributed by atoms with E-state index in [-0.39, 0.29) is 44.0 Å². The van der Waals surface area contributed by atoms with Gasteiger partial charge in [0, 0.05) is 32.5 Å². The molecule has 0 bridgehead atoms. The first kappa shape index (κ1) is 22.3. The van der Waals surface area contributed by atoms with Crippen LogP contribution in [-0.4, -0.2) is 24.1 Å². The second-order valence-corrected chi connectivity index (χ2v) is 16.2. The number of hydrogen-bond donors (Lipinski definition) is 0. The molecule has 0 fully saturated rings. The summed E-state index contributed by atoms with van der Waals surface area (Å²) < 4.78 is 182.